The van der Waals surface area contributed by atoms with Gasteiger partial charge < -0.3 is 9.32 Å². The Bertz CT molecular complexity index is 1220. The highest BCUT2D eigenvalue weighted by Crippen LogP contribution is 2.24. The molecule has 1 amide bonds. The molecular weight excluding hydrogens is 370 g/mol. The van der Waals surface area contributed by atoms with Crippen LogP contribution in [0.25, 0.3) is 22.4 Å². The van der Waals surface area contributed by atoms with Gasteiger partial charge in [-0.2, -0.15) is 0 Å². The Morgan fingerprint density at radius 2 is 1.90 bits per heavy atom. The van der Waals surface area contributed by atoms with Gasteiger partial charge in [0.15, 0.2) is 5.58 Å². The second-order valence-electron chi connectivity index (χ2n) is 7.15. The van der Waals surface area contributed by atoms with Gasteiger partial charge in [0.2, 0.25) is 5.91 Å². The molecule has 4 aromatic rings. The van der Waals surface area contributed by atoms with E-state index in [1.165, 1.54) is 4.57 Å². The first-order chi connectivity index (χ1) is 14.2. The molecule has 8 nitrogen and oxygen atoms in total. The summed E-state index contributed by atoms with van der Waals surface area (Å²) < 4.78 is 8.42. The number of hydrogen-bond acceptors (Lipinski definition) is 5. The van der Waals surface area contributed by atoms with Crippen LogP contribution in [0, 0.1) is 0 Å². The number of para-hydroxylation sites is 2. The van der Waals surface area contributed by atoms with E-state index in [0.29, 0.717) is 24.2 Å². The van der Waals surface area contributed by atoms with Crippen molar-refractivity contribution in [3.05, 3.63) is 71.3 Å². The van der Waals surface area contributed by atoms with Crippen LogP contribution in [-0.4, -0.2) is 43.5 Å². The lowest BCUT2D eigenvalue weighted by Crippen LogP contribution is -2.34. The highest BCUT2D eigenvalue weighted by atomic mass is 16.4. The van der Waals surface area contributed by atoms with Gasteiger partial charge in [-0.1, -0.05) is 47.7 Å². The number of amides is 1. The summed E-state index contributed by atoms with van der Waals surface area (Å²) in [7, 11) is 0. The zero-order valence-corrected chi connectivity index (χ0v) is 15.6. The van der Waals surface area contributed by atoms with Crippen LogP contribution >= 0.6 is 0 Å². The zero-order chi connectivity index (χ0) is 19.8. The van der Waals surface area contributed by atoms with Gasteiger partial charge in [-0.3, -0.25) is 9.36 Å². The van der Waals surface area contributed by atoms with Crippen LogP contribution in [0.4, 0.5) is 0 Å². The molecule has 1 aliphatic rings. The third-order valence-corrected chi connectivity index (χ3v) is 5.34. The summed E-state index contributed by atoms with van der Waals surface area (Å²) >= 11 is 0. The maximum atomic E-state index is 12.8. The number of benzene rings is 2. The van der Waals surface area contributed by atoms with Crippen LogP contribution in [0.3, 0.4) is 0 Å². The summed E-state index contributed by atoms with van der Waals surface area (Å²) in [4.78, 5) is 26.7. The lowest BCUT2D eigenvalue weighted by molar-refractivity contribution is -0.130. The molecule has 0 bridgehead atoms. The number of fused-ring (bicyclic) bond motifs is 1. The van der Waals surface area contributed by atoms with Crippen LogP contribution in [0.5, 0.6) is 0 Å². The van der Waals surface area contributed by atoms with Gasteiger partial charge in [-0.05, 0) is 18.6 Å². The minimum Gasteiger partial charge on any atom is -0.408 e. The average Bonchev–Trinajstić information content (AvgIpc) is 3.48. The molecule has 1 saturated heterocycles. The van der Waals surface area contributed by atoms with E-state index in [-0.39, 0.29) is 18.5 Å². The van der Waals surface area contributed by atoms with E-state index in [0.717, 1.165) is 17.7 Å². The third-order valence-electron chi connectivity index (χ3n) is 5.34. The molecule has 3 heterocycles. The van der Waals surface area contributed by atoms with E-state index < -0.39 is 5.76 Å². The molecule has 2 aromatic heterocycles. The van der Waals surface area contributed by atoms with Crippen molar-refractivity contribution in [2.45, 2.75) is 19.0 Å². The molecule has 29 heavy (non-hydrogen) atoms. The van der Waals surface area contributed by atoms with Gasteiger partial charge in [0, 0.05) is 18.7 Å². The van der Waals surface area contributed by atoms with Crippen LogP contribution in [-0.2, 0) is 11.3 Å². The summed E-state index contributed by atoms with van der Waals surface area (Å²) in [5.41, 5.74) is 2.94. The van der Waals surface area contributed by atoms with E-state index in [1.807, 2.05) is 47.3 Å². The molecule has 0 radical (unpaired) electrons. The van der Waals surface area contributed by atoms with Crippen LogP contribution < -0.4 is 5.76 Å². The monoisotopic (exact) mass is 389 g/mol. The molecule has 146 valence electrons. The Morgan fingerprint density at radius 3 is 2.76 bits per heavy atom. The second kappa shape index (κ2) is 7.05. The van der Waals surface area contributed by atoms with E-state index in [1.54, 1.807) is 23.1 Å². The van der Waals surface area contributed by atoms with Crippen LogP contribution in [0.15, 0.2) is 70.0 Å². The van der Waals surface area contributed by atoms with Gasteiger partial charge in [0.1, 0.15) is 12.2 Å². The van der Waals surface area contributed by atoms with Crippen molar-refractivity contribution >= 4 is 17.0 Å². The van der Waals surface area contributed by atoms with Crippen molar-refractivity contribution in [1.29, 1.82) is 0 Å². The van der Waals surface area contributed by atoms with Crippen LogP contribution in [0.1, 0.15) is 12.5 Å². The quantitative estimate of drug-likeness (QED) is 0.535. The van der Waals surface area contributed by atoms with E-state index >= 15 is 0 Å². The van der Waals surface area contributed by atoms with Gasteiger partial charge in [0.05, 0.1) is 17.8 Å². The van der Waals surface area contributed by atoms with E-state index in [9.17, 15) is 9.59 Å². The first kappa shape index (κ1) is 17.4. The normalized spacial score (nSPS) is 16.6. The van der Waals surface area contributed by atoms with E-state index in [4.69, 9.17) is 4.42 Å². The van der Waals surface area contributed by atoms with Crippen molar-refractivity contribution in [1.82, 2.24) is 24.5 Å². The van der Waals surface area contributed by atoms with Gasteiger partial charge in [-0.25, -0.2) is 9.48 Å². The minimum absolute atomic E-state index is 0.0326. The van der Waals surface area contributed by atoms with Crippen molar-refractivity contribution in [3.63, 3.8) is 0 Å². The highest BCUT2D eigenvalue weighted by molar-refractivity contribution is 5.79. The SMILES string of the molecule is O=C(Cn1c(=O)oc2ccccc21)N1CC[C@@H](n2cc(-c3ccccc3)nn2)C1. The predicted molar refractivity (Wildman–Crippen MR) is 106 cm³/mol. The van der Waals surface area contributed by atoms with E-state index in [2.05, 4.69) is 10.3 Å². The first-order valence-electron chi connectivity index (χ1n) is 9.52. The maximum Gasteiger partial charge on any atom is 0.420 e. The molecule has 1 aliphatic heterocycles. The standard InChI is InChI=1S/C21H19N5O3/c27-20(14-25-18-8-4-5-9-19(18)29-21(25)28)24-11-10-16(12-24)26-13-17(22-23-26)15-6-2-1-3-7-15/h1-9,13,16H,10-12,14H2/t16-/m1/s1. The molecule has 0 saturated carbocycles. The number of likely N-dealkylation sites (tertiary alicyclic amines) is 1. The fraction of sp³-hybridized carbons (Fsp3) is 0.238. The van der Waals surface area contributed by atoms with Gasteiger partial charge >= 0.3 is 5.76 Å². The number of aromatic nitrogens is 4. The molecule has 2 aromatic carbocycles. The zero-order valence-electron chi connectivity index (χ0n) is 15.6. The number of rotatable bonds is 4. The summed E-state index contributed by atoms with van der Waals surface area (Å²) in [5.74, 6) is -0.622. The fourth-order valence-electron chi connectivity index (χ4n) is 3.78. The molecule has 0 unspecified atom stereocenters. The average molecular weight is 389 g/mol. The van der Waals surface area contributed by atoms with Gasteiger partial charge in [-0.15, -0.1) is 5.10 Å². The maximum absolute atomic E-state index is 12.8. The Kier molecular flexibility index (Phi) is 4.23. The smallest absolute Gasteiger partial charge is 0.408 e. The molecule has 0 spiro atoms. The number of nitrogens with zero attached hydrogens (tertiary/aromatic N) is 5. The molecule has 1 fully saturated rings. The number of carbonyl (C=O) groups is 1. The largest absolute Gasteiger partial charge is 0.420 e. The molecule has 5 rings (SSSR count). The Hall–Kier alpha value is -3.68. The molecule has 8 heteroatoms. The number of oxazole rings is 1. The summed E-state index contributed by atoms with van der Waals surface area (Å²) in [6.45, 7) is 1.13. The molecular formula is C21H19N5O3. The highest BCUT2D eigenvalue weighted by Gasteiger charge is 2.29. The first-order valence-corrected chi connectivity index (χ1v) is 9.52. The predicted octanol–water partition coefficient (Wildman–Crippen LogP) is 2.33. The lowest BCUT2D eigenvalue weighted by Gasteiger charge is -2.16. The van der Waals surface area contributed by atoms with Gasteiger partial charge in [0.25, 0.3) is 0 Å². The number of hydrogen-bond donors (Lipinski definition) is 0. The summed E-state index contributed by atoms with van der Waals surface area (Å²) in [6.07, 6.45) is 2.71. The lowest BCUT2D eigenvalue weighted by atomic mass is 10.2. The number of carbonyl (C=O) groups excluding carboxylic acids is 1. The third kappa shape index (κ3) is 3.22. The van der Waals surface area contributed by atoms with Crippen molar-refractivity contribution in [3.8, 4) is 11.3 Å². The Balaban J connectivity index is 1.29. The minimum atomic E-state index is -0.515. The fourth-order valence-corrected chi connectivity index (χ4v) is 3.78. The summed E-state index contributed by atoms with van der Waals surface area (Å²) in [6, 6.07) is 17.1. The summed E-state index contributed by atoms with van der Waals surface area (Å²) in [5, 5.41) is 8.52. The second-order valence-corrected chi connectivity index (χ2v) is 7.15. The Labute approximate surface area is 166 Å². The van der Waals surface area contributed by atoms with Crippen LogP contribution in [0.2, 0.25) is 0 Å². The van der Waals surface area contributed by atoms with Crippen molar-refractivity contribution in [2.24, 2.45) is 0 Å². The molecule has 1 atom stereocenters. The van der Waals surface area contributed by atoms with Crippen molar-refractivity contribution < 1.29 is 9.21 Å². The molecule has 0 aliphatic carbocycles. The molecule has 0 N–H and O–H groups in total. The van der Waals surface area contributed by atoms with Crippen molar-refractivity contribution in [2.75, 3.05) is 13.1 Å². The Morgan fingerprint density at radius 1 is 1.10 bits per heavy atom. The topological polar surface area (TPSA) is 86.2 Å².